The first-order valence-electron chi connectivity index (χ1n) is 7.94. The minimum Gasteiger partial charge on any atom is -0.497 e. The molecule has 0 aliphatic carbocycles. The van der Waals surface area contributed by atoms with Gasteiger partial charge in [0, 0.05) is 33.4 Å². The lowest BCUT2D eigenvalue weighted by Gasteiger charge is -2.11. The summed E-state index contributed by atoms with van der Waals surface area (Å²) in [4.78, 5) is 4.59. The van der Waals surface area contributed by atoms with Gasteiger partial charge in [0.05, 0.1) is 7.11 Å². The molecule has 0 aliphatic heterocycles. The number of aryl methyl sites for hydroxylation is 1. The molecule has 0 heterocycles. The molecule has 0 fully saturated rings. The highest BCUT2D eigenvalue weighted by Gasteiger charge is 1.97. The zero-order chi connectivity index (χ0) is 16.0. The Hall–Kier alpha value is -1.75. The molecule has 0 unspecified atom stereocenters. The van der Waals surface area contributed by atoms with E-state index in [1.807, 2.05) is 12.1 Å². The quantitative estimate of drug-likeness (QED) is 0.395. The molecule has 0 atom stereocenters. The summed E-state index contributed by atoms with van der Waals surface area (Å²) in [6.45, 7) is 5.39. The van der Waals surface area contributed by atoms with Gasteiger partial charge in [-0.3, -0.25) is 4.99 Å². The van der Waals surface area contributed by atoms with E-state index in [1.165, 1.54) is 5.56 Å². The van der Waals surface area contributed by atoms with Crippen molar-refractivity contribution in [2.24, 2.45) is 4.99 Å². The van der Waals surface area contributed by atoms with Crippen LogP contribution in [-0.4, -0.2) is 46.4 Å². The highest BCUT2D eigenvalue weighted by molar-refractivity contribution is 5.79. The molecule has 0 amide bonds. The largest absolute Gasteiger partial charge is 0.497 e. The van der Waals surface area contributed by atoms with Gasteiger partial charge < -0.3 is 20.1 Å². The van der Waals surface area contributed by atoms with Crippen molar-refractivity contribution in [1.82, 2.24) is 10.6 Å². The van der Waals surface area contributed by atoms with Crippen molar-refractivity contribution in [3.8, 4) is 5.75 Å². The maximum absolute atomic E-state index is 5.16. The predicted octanol–water partition coefficient (Wildman–Crippen LogP) is 2.22. The van der Waals surface area contributed by atoms with Crippen LogP contribution in [0.15, 0.2) is 29.3 Å². The van der Waals surface area contributed by atoms with E-state index in [-0.39, 0.29) is 0 Å². The number of rotatable bonds is 10. The second kappa shape index (κ2) is 11.9. The molecule has 124 valence electrons. The first-order chi connectivity index (χ1) is 10.8. The molecular formula is C17H29N3O2. The molecule has 0 radical (unpaired) electrons. The van der Waals surface area contributed by atoms with Crippen LogP contribution in [-0.2, 0) is 11.2 Å². The van der Waals surface area contributed by atoms with Crippen molar-refractivity contribution in [3.63, 3.8) is 0 Å². The molecule has 5 heteroatoms. The molecule has 0 aliphatic rings. The smallest absolute Gasteiger partial charge is 0.191 e. The average molecular weight is 307 g/mol. The molecule has 5 nitrogen and oxygen atoms in total. The van der Waals surface area contributed by atoms with E-state index in [0.29, 0.717) is 0 Å². The van der Waals surface area contributed by atoms with Crippen molar-refractivity contribution < 1.29 is 9.47 Å². The third-order valence-electron chi connectivity index (χ3n) is 3.21. The Bertz CT molecular complexity index is 418. The summed E-state index contributed by atoms with van der Waals surface area (Å²) in [7, 11) is 3.41. The van der Waals surface area contributed by atoms with E-state index >= 15 is 0 Å². The van der Waals surface area contributed by atoms with Gasteiger partial charge in [0.15, 0.2) is 5.96 Å². The Morgan fingerprint density at radius 2 is 1.86 bits per heavy atom. The summed E-state index contributed by atoms with van der Waals surface area (Å²) in [6, 6.07) is 8.22. The van der Waals surface area contributed by atoms with E-state index in [2.05, 4.69) is 34.7 Å². The fraction of sp³-hybridized carbons (Fsp3) is 0.588. The molecule has 0 spiro atoms. The van der Waals surface area contributed by atoms with Gasteiger partial charge in [0.1, 0.15) is 5.75 Å². The molecule has 0 bridgehead atoms. The van der Waals surface area contributed by atoms with Crippen LogP contribution < -0.4 is 15.4 Å². The second-order valence-corrected chi connectivity index (χ2v) is 4.99. The number of guanidine groups is 1. The Morgan fingerprint density at radius 1 is 1.09 bits per heavy atom. The third kappa shape index (κ3) is 7.88. The summed E-state index contributed by atoms with van der Waals surface area (Å²) in [5.74, 6) is 1.78. The van der Waals surface area contributed by atoms with Gasteiger partial charge in [-0.05, 0) is 43.9 Å². The van der Waals surface area contributed by atoms with Crippen molar-refractivity contribution in [3.05, 3.63) is 29.8 Å². The summed E-state index contributed by atoms with van der Waals surface area (Å²) < 4.78 is 10.2. The summed E-state index contributed by atoms with van der Waals surface area (Å²) in [5, 5.41) is 6.57. The molecule has 2 N–H and O–H groups in total. The van der Waals surface area contributed by atoms with E-state index in [9.17, 15) is 0 Å². The predicted molar refractivity (Wildman–Crippen MR) is 91.8 cm³/mol. The van der Waals surface area contributed by atoms with Crippen molar-refractivity contribution in [2.75, 3.05) is 40.5 Å². The molecule has 1 rings (SSSR count). The lowest BCUT2D eigenvalue weighted by atomic mass is 10.1. The summed E-state index contributed by atoms with van der Waals surface area (Å²) >= 11 is 0. The van der Waals surface area contributed by atoms with E-state index in [0.717, 1.165) is 57.2 Å². The third-order valence-corrected chi connectivity index (χ3v) is 3.21. The Morgan fingerprint density at radius 3 is 2.50 bits per heavy atom. The number of nitrogens with one attached hydrogen (secondary N) is 2. The maximum atomic E-state index is 5.16. The van der Waals surface area contributed by atoms with Gasteiger partial charge in [-0.25, -0.2) is 0 Å². The lowest BCUT2D eigenvalue weighted by Crippen LogP contribution is -2.38. The first-order valence-corrected chi connectivity index (χ1v) is 7.94. The van der Waals surface area contributed by atoms with Gasteiger partial charge in [-0.15, -0.1) is 0 Å². The Kier molecular flexibility index (Phi) is 9.87. The molecule has 0 saturated carbocycles. The van der Waals surface area contributed by atoms with Gasteiger partial charge in [-0.2, -0.15) is 0 Å². The first kappa shape index (κ1) is 18.3. The molecule has 0 saturated heterocycles. The second-order valence-electron chi connectivity index (χ2n) is 4.99. The highest BCUT2D eigenvalue weighted by atomic mass is 16.5. The van der Waals surface area contributed by atoms with Crippen LogP contribution in [0.5, 0.6) is 5.75 Å². The number of ether oxygens (including phenoxy) is 2. The molecule has 1 aromatic carbocycles. The topological polar surface area (TPSA) is 54.9 Å². The van der Waals surface area contributed by atoms with Crippen molar-refractivity contribution in [1.29, 1.82) is 0 Å². The van der Waals surface area contributed by atoms with Crippen LogP contribution in [0.4, 0.5) is 0 Å². The number of methoxy groups -OCH3 is 2. The van der Waals surface area contributed by atoms with Crippen LogP contribution in [0.2, 0.25) is 0 Å². The van der Waals surface area contributed by atoms with Crippen LogP contribution in [0.25, 0.3) is 0 Å². The van der Waals surface area contributed by atoms with E-state index < -0.39 is 0 Å². The SMILES string of the molecule is CCNC(=NCCCc1ccc(OC)cc1)NCCCOC. The number of nitrogens with zero attached hydrogens (tertiary/aromatic N) is 1. The lowest BCUT2D eigenvalue weighted by molar-refractivity contribution is 0.195. The highest BCUT2D eigenvalue weighted by Crippen LogP contribution is 2.12. The molecule has 0 aromatic heterocycles. The standard InChI is InChI=1S/C17H29N3O2/c1-4-18-17(20-13-6-14-21-2)19-12-5-7-15-8-10-16(22-3)11-9-15/h8-11H,4-7,12-14H2,1-3H3,(H2,18,19,20). The fourth-order valence-electron chi connectivity index (χ4n) is 2.03. The Balaban J connectivity index is 2.29. The van der Waals surface area contributed by atoms with Gasteiger partial charge in [0.2, 0.25) is 0 Å². The minimum atomic E-state index is 0.768. The van der Waals surface area contributed by atoms with Gasteiger partial charge in [0.25, 0.3) is 0 Å². The van der Waals surface area contributed by atoms with Crippen LogP contribution in [0.1, 0.15) is 25.3 Å². The van der Waals surface area contributed by atoms with Crippen LogP contribution in [0.3, 0.4) is 0 Å². The number of aliphatic imine (C=N–C) groups is 1. The molecule has 1 aromatic rings. The Labute approximate surface area is 134 Å². The van der Waals surface area contributed by atoms with E-state index in [1.54, 1.807) is 14.2 Å². The summed E-state index contributed by atoms with van der Waals surface area (Å²) in [6.07, 6.45) is 3.03. The van der Waals surface area contributed by atoms with E-state index in [4.69, 9.17) is 9.47 Å². The number of hydrogen-bond acceptors (Lipinski definition) is 3. The summed E-state index contributed by atoms with van der Waals surface area (Å²) in [5.41, 5.74) is 1.31. The maximum Gasteiger partial charge on any atom is 0.191 e. The number of hydrogen-bond donors (Lipinski definition) is 2. The monoisotopic (exact) mass is 307 g/mol. The van der Waals surface area contributed by atoms with Crippen molar-refractivity contribution in [2.45, 2.75) is 26.2 Å². The zero-order valence-corrected chi connectivity index (χ0v) is 14.0. The molecular weight excluding hydrogens is 278 g/mol. The fourth-order valence-corrected chi connectivity index (χ4v) is 2.03. The van der Waals surface area contributed by atoms with Crippen LogP contribution >= 0.6 is 0 Å². The average Bonchev–Trinajstić information content (AvgIpc) is 2.56. The normalized spacial score (nSPS) is 11.3. The zero-order valence-electron chi connectivity index (χ0n) is 14.0. The van der Waals surface area contributed by atoms with Gasteiger partial charge >= 0.3 is 0 Å². The van der Waals surface area contributed by atoms with Crippen molar-refractivity contribution >= 4 is 5.96 Å². The number of benzene rings is 1. The van der Waals surface area contributed by atoms with Crippen LogP contribution in [0, 0.1) is 0 Å². The van der Waals surface area contributed by atoms with Gasteiger partial charge in [-0.1, -0.05) is 12.1 Å². The molecule has 22 heavy (non-hydrogen) atoms. The minimum absolute atomic E-state index is 0.768.